The molecule has 0 atom stereocenters. The third kappa shape index (κ3) is 3.09. The van der Waals surface area contributed by atoms with E-state index in [4.69, 9.17) is 0 Å². The number of carbonyl (C=O) groups excluding carboxylic acids is 2. The number of carbonyl (C=O) groups is 2. The van der Waals surface area contributed by atoms with Gasteiger partial charge in [-0.05, 0) is 39.8 Å². The number of imidazole rings is 1. The van der Waals surface area contributed by atoms with E-state index >= 15 is 0 Å². The molecule has 8 nitrogen and oxygen atoms in total. The minimum absolute atomic E-state index is 0.0227. The quantitative estimate of drug-likeness (QED) is 0.843. The number of likely N-dealkylation sites (tertiary alicyclic amines) is 1. The lowest BCUT2D eigenvalue weighted by molar-refractivity contribution is -0.141. The molecule has 0 aromatic carbocycles. The van der Waals surface area contributed by atoms with Crippen LogP contribution in [-0.2, 0) is 4.79 Å². The molecule has 26 heavy (non-hydrogen) atoms. The molecule has 1 saturated carbocycles. The van der Waals surface area contributed by atoms with Gasteiger partial charge in [0, 0.05) is 43.6 Å². The SMILES string of the molecule is CN(C)C1CCC(C(=O)N2CC(NC(=O)c3c[nH]n4ccnc34)C2)CC1. The van der Waals surface area contributed by atoms with E-state index in [1.165, 1.54) is 0 Å². The fourth-order valence-corrected chi connectivity index (χ4v) is 4.08. The van der Waals surface area contributed by atoms with Gasteiger partial charge in [-0.3, -0.25) is 14.7 Å². The van der Waals surface area contributed by atoms with Crippen LogP contribution in [0.5, 0.6) is 0 Å². The molecule has 8 heteroatoms. The Labute approximate surface area is 152 Å². The minimum atomic E-state index is -0.147. The van der Waals surface area contributed by atoms with Crippen LogP contribution in [0.15, 0.2) is 18.6 Å². The van der Waals surface area contributed by atoms with E-state index in [1.54, 1.807) is 23.1 Å². The lowest BCUT2D eigenvalue weighted by atomic mass is 9.84. The van der Waals surface area contributed by atoms with Crippen LogP contribution in [0.3, 0.4) is 0 Å². The number of fused-ring (bicyclic) bond motifs is 1. The maximum Gasteiger partial charge on any atom is 0.257 e. The van der Waals surface area contributed by atoms with E-state index in [-0.39, 0.29) is 23.8 Å². The first kappa shape index (κ1) is 17.1. The molecule has 1 aliphatic heterocycles. The van der Waals surface area contributed by atoms with E-state index in [0.717, 1.165) is 25.7 Å². The maximum absolute atomic E-state index is 12.6. The summed E-state index contributed by atoms with van der Waals surface area (Å²) < 4.78 is 1.70. The Kier molecular flexibility index (Phi) is 4.44. The lowest BCUT2D eigenvalue weighted by Crippen LogP contribution is -2.62. The van der Waals surface area contributed by atoms with Crippen molar-refractivity contribution in [3.63, 3.8) is 0 Å². The van der Waals surface area contributed by atoms with Gasteiger partial charge >= 0.3 is 0 Å². The number of nitrogens with zero attached hydrogens (tertiary/aromatic N) is 4. The standard InChI is InChI=1S/C18H26N6O2/c1-22(2)14-5-3-12(4-6-14)18(26)23-10-13(11-23)21-17(25)15-9-20-24-8-7-19-16(15)24/h7-9,12-14,20H,3-6,10-11H2,1-2H3,(H,21,25). The Hall–Kier alpha value is -2.35. The van der Waals surface area contributed by atoms with Crippen molar-refractivity contribution in [2.45, 2.75) is 37.8 Å². The van der Waals surface area contributed by atoms with E-state index in [2.05, 4.69) is 34.4 Å². The molecule has 2 fully saturated rings. The summed E-state index contributed by atoms with van der Waals surface area (Å²) in [4.78, 5) is 33.4. The Balaban J connectivity index is 1.26. The summed E-state index contributed by atoms with van der Waals surface area (Å²) in [6.07, 6.45) is 9.18. The molecule has 2 amide bonds. The van der Waals surface area contributed by atoms with E-state index in [0.29, 0.717) is 30.3 Å². The van der Waals surface area contributed by atoms with Crippen LogP contribution in [0.25, 0.3) is 5.65 Å². The molecule has 1 aliphatic carbocycles. The summed E-state index contributed by atoms with van der Waals surface area (Å²) >= 11 is 0. The highest BCUT2D eigenvalue weighted by molar-refractivity contribution is 6.00. The maximum atomic E-state index is 12.6. The number of aromatic amines is 1. The van der Waals surface area contributed by atoms with Crippen molar-refractivity contribution in [2.24, 2.45) is 5.92 Å². The monoisotopic (exact) mass is 358 g/mol. The predicted molar refractivity (Wildman–Crippen MR) is 96.8 cm³/mol. The van der Waals surface area contributed by atoms with Gasteiger partial charge in [-0.1, -0.05) is 0 Å². The van der Waals surface area contributed by atoms with Crippen molar-refractivity contribution in [3.8, 4) is 0 Å². The van der Waals surface area contributed by atoms with Crippen molar-refractivity contribution in [2.75, 3.05) is 27.2 Å². The zero-order chi connectivity index (χ0) is 18.3. The van der Waals surface area contributed by atoms with Gasteiger partial charge < -0.3 is 15.1 Å². The van der Waals surface area contributed by atoms with Crippen LogP contribution >= 0.6 is 0 Å². The van der Waals surface area contributed by atoms with Crippen LogP contribution in [0.1, 0.15) is 36.0 Å². The molecule has 1 saturated heterocycles. The molecule has 0 spiro atoms. The Morgan fingerprint density at radius 2 is 1.96 bits per heavy atom. The molecule has 2 aromatic rings. The van der Waals surface area contributed by atoms with Gasteiger partial charge in [-0.2, -0.15) is 0 Å². The average molecular weight is 358 g/mol. The van der Waals surface area contributed by atoms with Crippen LogP contribution in [0.2, 0.25) is 0 Å². The van der Waals surface area contributed by atoms with Gasteiger partial charge in [-0.25, -0.2) is 9.50 Å². The van der Waals surface area contributed by atoms with Crippen LogP contribution in [0, 0.1) is 5.92 Å². The number of hydrogen-bond donors (Lipinski definition) is 2. The Morgan fingerprint density at radius 3 is 2.65 bits per heavy atom. The number of H-pyrrole nitrogens is 1. The van der Waals surface area contributed by atoms with Crippen molar-refractivity contribution in [1.29, 1.82) is 0 Å². The van der Waals surface area contributed by atoms with Gasteiger partial charge in [0.05, 0.1) is 6.04 Å². The second-order valence-electron chi connectivity index (χ2n) is 7.69. The molecular weight excluding hydrogens is 332 g/mol. The summed E-state index contributed by atoms with van der Waals surface area (Å²) in [5.74, 6) is 0.258. The lowest BCUT2D eigenvalue weighted by Gasteiger charge is -2.42. The Morgan fingerprint density at radius 1 is 1.23 bits per heavy atom. The van der Waals surface area contributed by atoms with Crippen molar-refractivity contribution in [1.82, 2.24) is 29.7 Å². The first-order chi connectivity index (χ1) is 12.5. The van der Waals surface area contributed by atoms with Gasteiger partial charge in [0.2, 0.25) is 5.91 Å². The first-order valence-electron chi connectivity index (χ1n) is 9.29. The number of aromatic nitrogens is 3. The molecule has 3 heterocycles. The smallest absolute Gasteiger partial charge is 0.257 e. The van der Waals surface area contributed by atoms with Gasteiger partial charge in [0.25, 0.3) is 5.91 Å². The predicted octanol–water partition coefficient (Wildman–Crippen LogP) is 0.723. The second kappa shape index (κ2) is 6.75. The van der Waals surface area contributed by atoms with Gasteiger partial charge in [0.1, 0.15) is 5.56 Å². The molecule has 2 aromatic heterocycles. The third-order valence-corrected chi connectivity index (χ3v) is 5.78. The highest BCUT2D eigenvalue weighted by Crippen LogP contribution is 2.29. The highest BCUT2D eigenvalue weighted by Gasteiger charge is 2.37. The fraction of sp³-hybridized carbons (Fsp3) is 0.611. The number of nitrogens with one attached hydrogen (secondary N) is 2. The highest BCUT2D eigenvalue weighted by atomic mass is 16.2. The van der Waals surface area contributed by atoms with Gasteiger partial charge in [0.15, 0.2) is 5.65 Å². The molecule has 0 bridgehead atoms. The number of amides is 2. The zero-order valence-corrected chi connectivity index (χ0v) is 15.3. The molecule has 2 N–H and O–H groups in total. The number of hydrogen-bond acceptors (Lipinski definition) is 4. The van der Waals surface area contributed by atoms with Gasteiger partial charge in [-0.15, -0.1) is 0 Å². The third-order valence-electron chi connectivity index (χ3n) is 5.78. The Bertz CT molecular complexity index is 796. The minimum Gasteiger partial charge on any atom is -0.346 e. The van der Waals surface area contributed by atoms with Crippen molar-refractivity contribution >= 4 is 17.5 Å². The first-order valence-corrected chi connectivity index (χ1v) is 9.29. The van der Waals surface area contributed by atoms with Crippen LogP contribution in [-0.4, -0.2) is 75.5 Å². The van der Waals surface area contributed by atoms with Crippen LogP contribution in [0.4, 0.5) is 0 Å². The summed E-state index contributed by atoms with van der Waals surface area (Å²) in [5, 5.41) is 5.96. The summed E-state index contributed by atoms with van der Waals surface area (Å²) in [6, 6.07) is 0.623. The summed E-state index contributed by atoms with van der Waals surface area (Å²) in [5.41, 5.74) is 1.15. The topological polar surface area (TPSA) is 85.7 Å². The average Bonchev–Trinajstić information content (AvgIpc) is 3.20. The second-order valence-corrected chi connectivity index (χ2v) is 7.69. The summed E-state index contributed by atoms with van der Waals surface area (Å²) in [6.45, 7) is 1.21. The molecular formula is C18H26N6O2. The molecule has 0 unspecified atom stereocenters. The zero-order valence-electron chi connectivity index (χ0n) is 15.3. The normalized spacial score (nSPS) is 24.0. The van der Waals surface area contributed by atoms with Crippen LogP contribution < -0.4 is 5.32 Å². The molecule has 4 rings (SSSR count). The van der Waals surface area contributed by atoms with E-state index in [1.807, 2.05) is 4.90 Å². The molecule has 2 aliphatic rings. The van der Waals surface area contributed by atoms with Crippen molar-refractivity contribution in [3.05, 3.63) is 24.2 Å². The number of rotatable bonds is 4. The largest absolute Gasteiger partial charge is 0.346 e. The van der Waals surface area contributed by atoms with E-state index < -0.39 is 0 Å². The molecule has 0 radical (unpaired) electrons. The van der Waals surface area contributed by atoms with E-state index in [9.17, 15) is 9.59 Å². The summed E-state index contributed by atoms with van der Waals surface area (Å²) in [7, 11) is 4.22. The molecule has 140 valence electrons. The fourth-order valence-electron chi connectivity index (χ4n) is 4.08. The van der Waals surface area contributed by atoms with Crippen molar-refractivity contribution < 1.29 is 9.59 Å².